The first-order valence-corrected chi connectivity index (χ1v) is 7.47. The summed E-state index contributed by atoms with van der Waals surface area (Å²) in [7, 11) is 0. The van der Waals surface area contributed by atoms with Crippen LogP contribution in [0.2, 0.25) is 0 Å². The summed E-state index contributed by atoms with van der Waals surface area (Å²) in [4.78, 5) is 2.73. The predicted octanol–water partition coefficient (Wildman–Crippen LogP) is 1.77. The van der Waals surface area contributed by atoms with Crippen molar-refractivity contribution in [2.45, 2.75) is 56.6 Å². The van der Waals surface area contributed by atoms with E-state index in [-0.39, 0.29) is 5.60 Å². The third-order valence-corrected chi connectivity index (χ3v) is 4.80. The quantitative estimate of drug-likeness (QED) is 0.753. The van der Waals surface area contributed by atoms with Gasteiger partial charge in [-0.25, -0.2) is 0 Å². The van der Waals surface area contributed by atoms with Crippen molar-refractivity contribution in [2.75, 3.05) is 32.8 Å². The zero-order chi connectivity index (χ0) is 11.6. The van der Waals surface area contributed by atoms with Crippen molar-refractivity contribution in [3.8, 4) is 0 Å². The molecule has 0 radical (unpaired) electrons. The van der Waals surface area contributed by atoms with Crippen molar-refractivity contribution in [3.63, 3.8) is 0 Å². The van der Waals surface area contributed by atoms with Crippen LogP contribution in [0.1, 0.15) is 44.9 Å². The van der Waals surface area contributed by atoms with Gasteiger partial charge in [-0.1, -0.05) is 19.3 Å². The SMILES string of the molecule is C1CCC(N2CCO[C@]3(CCCNC3)C2)CC1. The molecular formula is C14H26N2O. The highest BCUT2D eigenvalue weighted by Crippen LogP contribution is 2.30. The second-order valence-corrected chi connectivity index (χ2v) is 6.07. The van der Waals surface area contributed by atoms with E-state index in [1.54, 1.807) is 0 Å². The Morgan fingerprint density at radius 1 is 1.12 bits per heavy atom. The second-order valence-electron chi connectivity index (χ2n) is 6.07. The molecule has 3 rings (SSSR count). The van der Waals surface area contributed by atoms with Crippen LogP contribution < -0.4 is 5.32 Å². The van der Waals surface area contributed by atoms with Crippen molar-refractivity contribution in [1.82, 2.24) is 10.2 Å². The molecule has 2 heterocycles. The minimum atomic E-state index is 0.147. The van der Waals surface area contributed by atoms with E-state index in [2.05, 4.69) is 10.2 Å². The van der Waals surface area contributed by atoms with Gasteiger partial charge in [0.1, 0.15) is 0 Å². The molecule has 0 amide bonds. The van der Waals surface area contributed by atoms with E-state index >= 15 is 0 Å². The van der Waals surface area contributed by atoms with E-state index in [1.165, 1.54) is 58.0 Å². The number of rotatable bonds is 1. The van der Waals surface area contributed by atoms with E-state index in [4.69, 9.17) is 4.74 Å². The van der Waals surface area contributed by atoms with Gasteiger partial charge >= 0.3 is 0 Å². The van der Waals surface area contributed by atoms with Gasteiger partial charge in [0.2, 0.25) is 0 Å². The van der Waals surface area contributed by atoms with Crippen molar-refractivity contribution >= 4 is 0 Å². The maximum atomic E-state index is 6.12. The summed E-state index contributed by atoms with van der Waals surface area (Å²) in [6, 6.07) is 0.853. The van der Waals surface area contributed by atoms with Gasteiger partial charge in [-0.05, 0) is 32.2 Å². The topological polar surface area (TPSA) is 24.5 Å². The minimum absolute atomic E-state index is 0.147. The molecule has 3 heteroatoms. The van der Waals surface area contributed by atoms with E-state index in [1.807, 2.05) is 0 Å². The molecule has 3 aliphatic rings. The second kappa shape index (κ2) is 5.25. The Balaban J connectivity index is 1.61. The van der Waals surface area contributed by atoms with Gasteiger partial charge in [0.15, 0.2) is 0 Å². The van der Waals surface area contributed by atoms with Gasteiger partial charge in [0.05, 0.1) is 12.2 Å². The van der Waals surface area contributed by atoms with Gasteiger partial charge in [-0.15, -0.1) is 0 Å². The Hall–Kier alpha value is -0.120. The summed E-state index contributed by atoms with van der Waals surface area (Å²) in [6.45, 7) is 5.51. The van der Waals surface area contributed by atoms with Crippen molar-refractivity contribution in [3.05, 3.63) is 0 Å². The molecule has 0 unspecified atom stereocenters. The largest absolute Gasteiger partial charge is 0.371 e. The molecule has 2 aliphatic heterocycles. The maximum absolute atomic E-state index is 6.12. The number of piperidine rings is 1. The molecule has 0 bridgehead atoms. The lowest BCUT2D eigenvalue weighted by Crippen LogP contribution is -2.60. The number of hydrogen-bond acceptors (Lipinski definition) is 3. The van der Waals surface area contributed by atoms with E-state index in [0.29, 0.717) is 0 Å². The molecule has 1 aliphatic carbocycles. The molecule has 0 aromatic rings. The highest BCUT2D eigenvalue weighted by molar-refractivity contribution is 4.94. The lowest BCUT2D eigenvalue weighted by Gasteiger charge is -2.48. The molecule has 1 spiro atoms. The summed E-state index contributed by atoms with van der Waals surface area (Å²) in [5.74, 6) is 0. The van der Waals surface area contributed by atoms with Crippen molar-refractivity contribution in [2.24, 2.45) is 0 Å². The third kappa shape index (κ3) is 2.67. The molecule has 1 N–H and O–H groups in total. The smallest absolute Gasteiger partial charge is 0.0933 e. The summed E-state index contributed by atoms with van der Waals surface area (Å²) in [5.41, 5.74) is 0.147. The Bertz CT molecular complexity index is 239. The van der Waals surface area contributed by atoms with Crippen LogP contribution in [0.25, 0.3) is 0 Å². The highest BCUT2D eigenvalue weighted by atomic mass is 16.5. The Labute approximate surface area is 105 Å². The van der Waals surface area contributed by atoms with E-state index in [0.717, 1.165) is 25.7 Å². The molecule has 3 nitrogen and oxygen atoms in total. The summed E-state index contributed by atoms with van der Waals surface area (Å²) >= 11 is 0. The van der Waals surface area contributed by atoms with Crippen LogP contribution in [-0.4, -0.2) is 49.3 Å². The Morgan fingerprint density at radius 2 is 2.00 bits per heavy atom. The first-order valence-electron chi connectivity index (χ1n) is 7.47. The standard InChI is InChI=1S/C14H26N2O/c1-2-5-13(6-3-1)16-9-10-17-14(12-16)7-4-8-15-11-14/h13,15H,1-12H2/t14-/m0/s1. The highest BCUT2D eigenvalue weighted by Gasteiger charge is 2.39. The monoisotopic (exact) mass is 238 g/mol. The molecule has 1 saturated carbocycles. The zero-order valence-corrected chi connectivity index (χ0v) is 10.9. The Morgan fingerprint density at radius 3 is 2.76 bits per heavy atom. The summed E-state index contributed by atoms with van der Waals surface area (Å²) < 4.78 is 6.12. The van der Waals surface area contributed by atoms with Gasteiger partial charge in [0.25, 0.3) is 0 Å². The number of nitrogens with one attached hydrogen (secondary N) is 1. The van der Waals surface area contributed by atoms with Gasteiger partial charge in [-0.3, -0.25) is 4.90 Å². The first kappa shape index (κ1) is 11.9. The average Bonchev–Trinajstić information content (AvgIpc) is 2.41. The van der Waals surface area contributed by atoms with Gasteiger partial charge < -0.3 is 10.1 Å². The maximum Gasteiger partial charge on any atom is 0.0933 e. The predicted molar refractivity (Wildman–Crippen MR) is 69.2 cm³/mol. The van der Waals surface area contributed by atoms with Crippen LogP contribution in [0.15, 0.2) is 0 Å². The number of hydrogen-bond donors (Lipinski definition) is 1. The summed E-state index contributed by atoms with van der Waals surface area (Å²) in [5, 5.41) is 3.52. The fourth-order valence-corrected chi connectivity index (χ4v) is 3.83. The van der Waals surface area contributed by atoms with Gasteiger partial charge in [-0.2, -0.15) is 0 Å². The molecule has 17 heavy (non-hydrogen) atoms. The molecule has 98 valence electrons. The zero-order valence-electron chi connectivity index (χ0n) is 10.9. The first-order chi connectivity index (χ1) is 8.38. The van der Waals surface area contributed by atoms with Crippen molar-refractivity contribution in [1.29, 1.82) is 0 Å². The van der Waals surface area contributed by atoms with Crippen LogP contribution in [0.5, 0.6) is 0 Å². The van der Waals surface area contributed by atoms with E-state index in [9.17, 15) is 0 Å². The normalized spacial score (nSPS) is 37.4. The number of morpholine rings is 1. The molecule has 0 aromatic carbocycles. The van der Waals surface area contributed by atoms with Crippen LogP contribution in [0, 0.1) is 0 Å². The van der Waals surface area contributed by atoms with E-state index < -0.39 is 0 Å². The van der Waals surface area contributed by atoms with Crippen LogP contribution in [-0.2, 0) is 4.74 Å². The molecule has 1 atom stereocenters. The van der Waals surface area contributed by atoms with Crippen LogP contribution in [0.4, 0.5) is 0 Å². The molecular weight excluding hydrogens is 212 g/mol. The van der Waals surface area contributed by atoms with Crippen LogP contribution in [0.3, 0.4) is 0 Å². The van der Waals surface area contributed by atoms with Gasteiger partial charge in [0, 0.05) is 25.7 Å². The van der Waals surface area contributed by atoms with Crippen LogP contribution >= 0.6 is 0 Å². The summed E-state index contributed by atoms with van der Waals surface area (Å²) in [6.07, 6.45) is 9.70. The molecule has 2 saturated heterocycles. The minimum Gasteiger partial charge on any atom is -0.371 e. The van der Waals surface area contributed by atoms with Crippen molar-refractivity contribution < 1.29 is 4.74 Å². The fraction of sp³-hybridized carbons (Fsp3) is 1.00. The lowest BCUT2D eigenvalue weighted by molar-refractivity contribution is -0.130. The molecule has 0 aromatic heterocycles. The lowest BCUT2D eigenvalue weighted by atomic mass is 9.88. The Kier molecular flexibility index (Phi) is 3.69. The number of ether oxygens (including phenoxy) is 1. The molecule has 3 fully saturated rings. The average molecular weight is 238 g/mol. The number of nitrogens with zero attached hydrogens (tertiary/aromatic N) is 1. The third-order valence-electron chi connectivity index (χ3n) is 4.80. The fourth-order valence-electron chi connectivity index (χ4n) is 3.83.